The van der Waals surface area contributed by atoms with Gasteiger partial charge in [0.05, 0.1) is 13.0 Å². The second-order valence-corrected chi connectivity index (χ2v) is 5.18. The number of rotatable bonds is 8. The zero-order valence-electron chi connectivity index (χ0n) is 12.9. The highest BCUT2D eigenvalue weighted by molar-refractivity contribution is 5.85. The number of hydrogen-bond acceptors (Lipinski definition) is 5. The summed E-state index contributed by atoms with van der Waals surface area (Å²) < 4.78 is 9.62. The Kier molecular flexibility index (Phi) is 8.59. The van der Waals surface area contributed by atoms with Gasteiger partial charge in [-0.25, -0.2) is 4.79 Å². The van der Waals surface area contributed by atoms with Crippen molar-refractivity contribution in [2.24, 2.45) is 11.8 Å². The molecule has 0 saturated carbocycles. The minimum absolute atomic E-state index is 0.177. The number of hydrogen-bond donors (Lipinski definition) is 1. The third kappa shape index (κ3) is 7.11. The summed E-state index contributed by atoms with van der Waals surface area (Å²) in [6.45, 7) is 7.20. The maximum Gasteiger partial charge on any atom is 0.331 e. The van der Waals surface area contributed by atoms with Gasteiger partial charge >= 0.3 is 11.9 Å². The number of nitrogens with one attached hydrogen (secondary N) is 1. The molecule has 6 nitrogen and oxygen atoms in total. The van der Waals surface area contributed by atoms with Crippen LogP contribution in [0, 0.1) is 11.8 Å². The zero-order valence-corrected chi connectivity index (χ0v) is 12.9. The minimum Gasteiger partial charge on any atom is -0.467 e. The number of methoxy groups -OCH3 is 1. The number of carbonyl (C=O) groups excluding carboxylic acids is 3. The normalized spacial score (nSPS) is 13.5. The van der Waals surface area contributed by atoms with E-state index >= 15 is 0 Å². The summed E-state index contributed by atoms with van der Waals surface area (Å²) in [6, 6.07) is -0.959. The second kappa shape index (κ2) is 9.34. The average molecular weight is 287 g/mol. The molecule has 0 rings (SSSR count). The fourth-order valence-electron chi connectivity index (χ4n) is 1.41. The molecule has 0 aromatic heterocycles. The quantitative estimate of drug-likeness (QED) is 0.680. The lowest BCUT2D eigenvalue weighted by Gasteiger charge is -2.18. The fourth-order valence-corrected chi connectivity index (χ4v) is 1.41. The smallest absolute Gasteiger partial charge is 0.331 e. The zero-order chi connectivity index (χ0) is 15.7. The van der Waals surface area contributed by atoms with Gasteiger partial charge < -0.3 is 14.8 Å². The fraction of sp³-hybridized carbons (Fsp3) is 0.786. The lowest BCUT2D eigenvalue weighted by atomic mass is 10.1. The van der Waals surface area contributed by atoms with Gasteiger partial charge in [-0.15, -0.1) is 0 Å². The molecule has 6 heteroatoms. The molecule has 20 heavy (non-hydrogen) atoms. The Morgan fingerprint density at radius 2 is 1.70 bits per heavy atom. The first kappa shape index (κ1) is 18.4. The molecular weight excluding hydrogens is 262 g/mol. The van der Waals surface area contributed by atoms with Gasteiger partial charge in [-0.05, 0) is 12.3 Å². The Hall–Kier alpha value is -1.59. The molecular formula is C14H25NO5. The molecule has 1 unspecified atom stereocenters. The van der Waals surface area contributed by atoms with E-state index in [9.17, 15) is 14.4 Å². The topological polar surface area (TPSA) is 81.7 Å². The molecule has 0 aromatic carbocycles. The molecule has 0 radical (unpaired) electrons. The molecule has 0 saturated heterocycles. The monoisotopic (exact) mass is 287 g/mol. The minimum atomic E-state index is -0.959. The van der Waals surface area contributed by atoms with Crippen molar-refractivity contribution in [3.63, 3.8) is 0 Å². The molecule has 0 fully saturated rings. The van der Waals surface area contributed by atoms with Crippen molar-refractivity contribution in [2.45, 2.75) is 46.6 Å². The summed E-state index contributed by atoms with van der Waals surface area (Å²) in [5, 5.41) is 2.52. The number of carbonyl (C=O) groups is 3. The van der Waals surface area contributed by atoms with Crippen LogP contribution in [0.5, 0.6) is 0 Å². The van der Waals surface area contributed by atoms with Crippen LogP contribution >= 0.6 is 0 Å². The molecule has 2 atom stereocenters. The van der Waals surface area contributed by atoms with Gasteiger partial charge in [-0.1, -0.05) is 27.7 Å². The van der Waals surface area contributed by atoms with Crippen LogP contribution in [-0.4, -0.2) is 37.6 Å². The van der Waals surface area contributed by atoms with Crippen molar-refractivity contribution in [3.8, 4) is 0 Å². The van der Waals surface area contributed by atoms with Gasteiger partial charge in [0.1, 0.15) is 6.61 Å². The van der Waals surface area contributed by atoms with Crippen molar-refractivity contribution < 1.29 is 23.9 Å². The first-order valence-corrected chi connectivity index (χ1v) is 6.85. The summed E-state index contributed by atoms with van der Waals surface area (Å²) in [6.07, 6.45) is 0.953. The van der Waals surface area contributed by atoms with Gasteiger partial charge in [0.2, 0.25) is 5.91 Å². The second-order valence-electron chi connectivity index (χ2n) is 5.18. The van der Waals surface area contributed by atoms with Gasteiger partial charge in [0.15, 0.2) is 6.04 Å². The van der Waals surface area contributed by atoms with E-state index in [1.807, 2.05) is 20.8 Å². The molecule has 0 aliphatic rings. The Balaban J connectivity index is 4.47. The molecule has 0 aromatic rings. The van der Waals surface area contributed by atoms with Crippen molar-refractivity contribution in [1.82, 2.24) is 5.32 Å². The van der Waals surface area contributed by atoms with E-state index in [4.69, 9.17) is 4.74 Å². The molecule has 1 N–H and O–H groups in total. The third-order valence-corrected chi connectivity index (χ3v) is 2.82. The highest BCUT2D eigenvalue weighted by atomic mass is 16.5. The van der Waals surface area contributed by atoms with Crippen molar-refractivity contribution in [3.05, 3.63) is 0 Å². The number of amides is 1. The van der Waals surface area contributed by atoms with Crippen molar-refractivity contribution >= 4 is 17.8 Å². The maximum absolute atomic E-state index is 11.7. The van der Waals surface area contributed by atoms with E-state index in [1.54, 1.807) is 6.92 Å². The van der Waals surface area contributed by atoms with E-state index in [1.165, 1.54) is 7.11 Å². The first-order chi connectivity index (χ1) is 9.31. The summed E-state index contributed by atoms with van der Waals surface area (Å²) >= 11 is 0. The molecule has 0 aliphatic heterocycles. The third-order valence-electron chi connectivity index (χ3n) is 2.82. The maximum atomic E-state index is 11.7. The predicted octanol–water partition coefficient (Wildman–Crippen LogP) is 1.28. The van der Waals surface area contributed by atoms with Crippen molar-refractivity contribution in [1.29, 1.82) is 0 Å². The van der Waals surface area contributed by atoms with Gasteiger partial charge in [0.25, 0.3) is 0 Å². The largest absolute Gasteiger partial charge is 0.467 e. The van der Waals surface area contributed by atoms with E-state index in [2.05, 4.69) is 10.1 Å². The van der Waals surface area contributed by atoms with Crippen LogP contribution in [0.15, 0.2) is 0 Å². The lowest BCUT2D eigenvalue weighted by molar-refractivity contribution is -0.154. The Bertz CT molecular complexity index is 340. The number of ether oxygens (including phenoxy) is 2. The Morgan fingerprint density at radius 1 is 1.10 bits per heavy atom. The number of esters is 2. The summed E-state index contributed by atoms with van der Waals surface area (Å²) in [4.78, 5) is 34.8. The Morgan fingerprint density at radius 3 is 2.15 bits per heavy atom. The highest BCUT2D eigenvalue weighted by Crippen LogP contribution is 2.05. The van der Waals surface area contributed by atoms with Gasteiger partial charge in [-0.2, -0.15) is 0 Å². The predicted molar refractivity (Wildman–Crippen MR) is 73.8 cm³/mol. The average Bonchev–Trinajstić information content (AvgIpc) is 2.40. The summed E-state index contributed by atoms with van der Waals surface area (Å²) in [5.74, 6) is -1.34. The van der Waals surface area contributed by atoms with Crippen LogP contribution in [0.4, 0.5) is 0 Å². The highest BCUT2D eigenvalue weighted by Gasteiger charge is 2.24. The van der Waals surface area contributed by atoms with Gasteiger partial charge in [0, 0.05) is 6.42 Å². The summed E-state index contributed by atoms with van der Waals surface area (Å²) in [7, 11) is 1.22. The van der Waals surface area contributed by atoms with Crippen LogP contribution in [0.3, 0.4) is 0 Å². The molecule has 1 amide bonds. The first-order valence-electron chi connectivity index (χ1n) is 6.85. The van der Waals surface area contributed by atoms with Crippen LogP contribution in [0.2, 0.25) is 0 Å². The lowest BCUT2D eigenvalue weighted by Crippen LogP contribution is -2.45. The van der Waals surface area contributed by atoms with E-state index < -0.39 is 12.0 Å². The van der Waals surface area contributed by atoms with E-state index in [0.717, 1.165) is 0 Å². The standard InChI is InChI=1S/C14H25NO5/c1-6-10(4)13(17)20-8-11(14(18)19-5)15-12(16)7-9(2)3/h9-11H,6-8H2,1-5H3,(H,15,16)/t10?,11-/m1/s1. The SMILES string of the molecule is CCC(C)C(=O)OC[C@@H](NC(=O)CC(C)C)C(=O)OC. The van der Waals surface area contributed by atoms with Crippen LogP contribution in [0.25, 0.3) is 0 Å². The van der Waals surface area contributed by atoms with Crippen LogP contribution < -0.4 is 5.32 Å². The van der Waals surface area contributed by atoms with Crippen molar-refractivity contribution in [2.75, 3.05) is 13.7 Å². The molecule has 116 valence electrons. The van der Waals surface area contributed by atoms with E-state index in [0.29, 0.717) is 12.8 Å². The van der Waals surface area contributed by atoms with Crippen LogP contribution in [0.1, 0.15) is 40.5 Å². The Labute approximate surface area is 120 Å². The molecule has 0 aliphatic carbocycles. The van der Waals surface area contributed by atoms with E-state index in [-0.39, 0.29) is 30.3 Å². The molecule has 0 spiro atoms. The van der Waals surface area contributed by atoms with Gasteiger partial charge in [-0.3, -0.25) is 9.59 Å². The molecule has 0 heterocycles. The van der Waals surface area contributed by atoms with Crippen LogP contribution in [-0.2, 0) is 23.9 Å². The summed E-state index contributed by atoms with van der Waals surface area (Å²) in [5.41, 5.74) is 0. The molecule has 0 bridgehead atoms.